The Morgan fingerprint density at radius 1 is 1.27 bits per heavy atom. The molecule has 1 unspecified atom stereocenters. The summed E-state index contributed by atoms with van der Waals surface area (Å²) in [7, 11) is 3.81. The molecule has 0 aliphatic carbocycles. The van der Waals surface area contributed by atoms with E-state index >= 15 is 0 Å². The number of amides is 1. The van der Waals surface area contributed by atoms with Gasteiger partial charge in [-0.15, -0.1) is 0 Å². The average Bonchev–Trinajstić information content (AvgIpc) is 3.19. The summed E-state index contributed by atoms with van der Waals surface area (Å²) in [6.45, 7) is 3.50. The lowest BCUT2D eigenvalue weighted by molar-refractivity contribution is 0.0994. The molecule has 0 bridgehead atoms. The Kier molecular flexibility index (Phi) is 3.75. The van der Waals surface area contributed by atoms with Crippen molar-refractivity contribution in [3.8, 4) is 11.4 Å². The third-order valence-corrected chi connectivity index (χ3v) is 4.89. The zero-order valence-electron chi connectivity index (χ0n) is 15.0. The van der Waals surface area contributed by atoms with Gasteiger partial charge in [0.05, 0.1) is 0 Å². The highest BCUT2D eigenvalue weighted by molar-refractivity contribution is 5.92. The molecule has 4 rings (SSSR count). The zero-order chi connectivity index (χ0) is 18.4. The van der Waals surface area contributed by atoms with Crippen LogP contribution in [0, 0.1) is 0 Å². The van der Waals surface area contributed by atoms with Gasteiger partial charge in [-0.3, -0.25) is 9.48 Å². The van der Waals surface area contributed by atoms with Crippen LogP contribution < -0.4 is 10.6 Å². The number of carbonyl (C=O) groups is 1. The van der Waals surface area contributed by atoms with E-state index in [2.05, 4.69) is 26.9 Å². The van der Waals surface area contributed by atoms with Gasteiger partial charge in [-0.2, -0.15) is 5.10 Å². The number of anilines is 1. The average molecular weight is 351 g/mol. The van der Waals surface area contributed by atoms with Gasteiger partial charge < -0.3 is 15.2 Å². The van der Waals surface area contributed by atoms with E-state index in [4.69, 9.17) is 5.73 Å². The van der Waals surface area contributed by atoms with Crippen molar-refractivity contribution in [2.45, 2.75) is 19.4 Å². The molecule has 26 heavy (non-hydrogen) atoms. The molecule has 1 aliphatic heterocycles. The minimum absolute atomic E-state index is 0.223. The van der Waals surface area contributed by atoms with E-state index in [1.54, 1.807) is 10.9 Å². The molecule has 0 radical (unpaired) electrons. The third kappa shape index (κ3) is 2.54. The van der Waals surface area contributed by atoms with Crippen molar-refractivity contribution in [2.75, 3.05) is 11.4 Å². The molecule has 1 aliphatic rings. The van der Waals surface area contributed by atoms with E-state index < -0.39 is 5.91 Å². The molecule has 8 nitrogen and oxygen atoms in total. The number of pyridine rings is 1. The largest absolute Gasteiger partial charge is 0.364 e. The second kappa shape index (κ2) is 5.98. The van der Waals surface area contributed by atoms with Crippen LogP contribution in [0.1, 0.15) is 34.6 Å². The van der Waals surface area contributed by atoms with Gasteiger partial charge in [0, 0.05) is 68.5 Å². The van der Waals surface area contributed by atoms with E-state index in [1.807, 2.05) is 43.2 Å². The number of primary amides is 1. The van der Waals surface area contributed by atoms with Crippen LogP contribution in [0.4, 0.5) is 5.82 Å². The predicted octanol–water partition coefficient (Wildman–Crippen LogP) is 1.44. The highest BCUT2D eigenvalue weighted by Crippen LogP contribution is 2.32. The van der Waals surface area contributed by atoms with Gasteiger partial charge in [0.15, 0.2) is 5.69 Å². The highest BCUT2D eigenvalue weighted by atomic mass is 16.1. The van der Waals surface area contributed by atoms with Gasteiger partial charge in [-0.05, 0) is 12.1 Å². The fourth-order valence-electron chi connectivity index (χ4n) is 3.75. The van der Waals surface area contributed by atoms with Gasteiger partial charge in [-0.1, -0.05) is 6.92 Å². The Bertz CT molecular complexity index is 970. The zero-order valence-corrected chi connectivity index (χ0v) is 15.0. The number of aromatic nitrogens is 5. The molecule has 0 saturated carbocycles. The molecule has 3 aromatic heterocycles. The summed E-state index contributed by atoms with van der Waals surface area (Å²) in [5, 5.41) is 4.31. The molecule has 1 amide bonds. The van der Waals surface area contributed by atoms with Crippen LogP contribution in [0.2, 0.25) is 0 Å². The first kappa shape index (κ1) is 16.3. The van der Waals surface area contributed by atoms with Crippen molar-refractivity contribution in [1.82, 2.24) is 24.3 Å². The lowest BCUT2D eigenvalue weighted by atomic mass is 9.96. The summed E-state index contributed by atoms with van der Waals surface area (Å²) in [6, 6.07) is 4.01. The Hall–Kier alpha value is -3.16. The number of carbonyl (C=O) groups excluding carboxylic acids is 1. The number of imidazole rings is 1. The molecular weight excluding hydrogens is 330 g/mol. The number of hydrogen-bond acceptors (Lipinski definition) is 5. The van der Waals surface area contributed by atoms with Crippen molar-refractivity contribution in [3.05, 3.63) is 47.7 Å². The predicted molar refractivity (Wildman–Crippen MR) is 97.6 cm³/mol. The van der Waals surface area contributed by atoms with E-state index in [1.165, 1.54) is 0 Å². The SMILES string of the molecule is CC1CN(c2ccc(-c3nccn3C)cn2)Cc2c(C(N)=O)nn(C)c21. The number of nitrogens with zero attached hydrogens (tertiary/aromatic N) is 6. The Labute approximate surface area is 151 Å². The molecular formula is C18H21N7O. The summed E-state index contributed by atoms with van der Waals surface area (Å²) in [4.78, 5) is 22.9. The number of aryl methyl sites for hydroxylation is 2. The second-order valence-electron chi connectivity index (χ2n) is 6.75. The minimum Gasteiger partial charge on any atom is -0.364 e. The van der Waals surface area contributed by atoms with Crippen LogP contribution in [0.3, 0.4) is 0 Å². The molecule has 0 spiro atoms. The summed E-state index contributed by atoms with van der Waals surface area (Å²) in [5.41, 5.74) is 8.79. The second-order valence-corrected chi connectivity index (χ2v) is 6.75. The smallest absolute Gasteiger partial charge is 0.269 e. The van der Waals surface area contributed by atoms with Crippen LogP contribution in [0.5, 0.6) is 0 Å². The van der Waals surface area contributed by atoms with E-state index in [9.17, 15) is 4.79 Å². The van der Waals surface area contributed by atoms with Crippen LogP contribution in [-0.4, -0.2) is 36.8 Å². The van der Waals surface area contributed by atoms with E-state index in [0.29, 0.717) is 12.2 Å². The fourth-order valence-corrected chi connectivity index (χ4v) is 3.75. The molecule has 1 atom stereocenters. The first-order valence-corrected chi connectivity index (χ1v) is 8.50. The fraction of sp³-hybridized carbons (Fsp3) is 0.333. The molecule has 3 aromatic rings. The number of nitrogens with two attached hydrogens (primary N) is 1. The molecule has 2 N–H and O–H groups in total. The van der Waals surface area contributed by atoms with Gasteiger partial charge in [0.1, 0.15) is 11.6 Å². The topological polar surface area (TPSA) is 94.9 Å². The van der Waals surface area contributed by atoms with Crippen molar-refractivity contribution in [2.24, 2.45) is 19.8 Å². The number of rotatable bonds is 3. The molecule has 0 aromatic carbocycles. The van der Waals surface area contributed by atoms with Crippen molar-refractivity contribution in [1.29, 1.82) is 0 Å². The molecule has 4 heterocycles. The van der Waals surface area contributed by atoms with Crippen molar-refractivity contribution >= 4 is 11.7 Å². The lowest BCUT2D eigenvalue weighted by Crippen LogP contribution is -2.34. The number of fused-ring (bicyclic) bond motifs is 1. The molecule has 0 fully saturated rings. The summed E-state index contributed by atoms with van der Waals surface area (Å²) in [6.07, 6.45) is 5.51. The van der Waals surface area contributed by atoms with Gasteiger partial charge in [0.2, 0.25) is 0 Å². The maximum absolute atomic E-state index is 11.7. The Balaban J connectivity index is 1.66. The molecule has 0 saturated heterocycles. The summed E-state index contributed by atoms with van der Waals surface area (Å²) < 4.78 is 3.73. The van der Waals surface area contributed by atoms with Crippen LogP contribution in [0.15, 0.2) is 30.7 Å². The van der Waals surface area contributed by atoms with Gasteiger partial charge in [-0.25, -0.2) is 9.97 Å². The monoisotopic (exact) mass is 351 g/mol. The summed E-state index contributed by atoms with van der Waals surface area (Å²) >= 11 is 0. The van der Waals surface area contributed by atoms with Crippen LogP contribution in [-0.2, 0) is 20.6 Å². The molecule has 8 heteroatoms. The summed E-state index contributed by atoms with van der Waals surface area (Å²) in [5.74, 6) is 1.47. The maximum atomic E-state index is 11.7. The van der Waals surface area contributed by atoms with Crippen LogP contribution in [0.25, 0.3) is 11.4 Å². The maximum Gasteiger partial charge on any atom is 0.269 e. The minimum atomic E-state index is -0.492. The highest BCUT2D eigenvalue weighted by Gasteiger charge is 2.31. The van der Waals surface area contributed by atoms with E-state index in [0.717, 1.165) is 35.0 Å². The Morgan fingerprint density at radius 2 is 2.08 bits per heavy atom. The van der Waals surface area contributed by atoms with Gasteiger partial charge >= 0.3 is 0 Å². The normalized spacial score (nSPS) is 16.6. The third-order valence-electron chi connectivity index (χ3n) is 4.89. The Morgan fingerprint density at radius 3 is 2.69 bits per heavy atom. The van der Waals surface area contributed by atoms with Gasteiger partial charge in [0.25, 0.3) is 5.91 Å². The quantitative estimate of drug-likeness (QED) is 0.770. The lowest BCUT2D eigenvalue weighted by Gasteiger charge is -2.32. The molecule has 134 valence electrons. The van der Waals surface area contributed by atoms with Crippen molar-refractivity contribution in [3.63, 3.8) is 0 Å². The first-order chi connectivity index (χ1) is 12.5. The number of hydrogen-bond donors (Lipinski definition) is 1. The first-order valence-electron chi connectivity index (χ1n) is 8.50. The van der Waals surface area contributed by atoms with E-state index in [-0.39, 0.29) is 5.92 Å². The van der Waals surface area contributed by atoms with Crippen molar-refractivity contribution < 1.29 is 4.79 Å². The van der Waals surface area contributed by atoms with Crippen LogP contribution >= 0.6 is 0 Å². The standard InChI is InChI=1S/C18H21N7O/c1-11-9-25(10-13-15(17(19)26)22-24(3)16(11)13)14-5-4-12(8-21-14)18-20-6-7-23(18)2/h4-8,11H,9-10H2,1-3H3,(H2,19,26).